The number of fused-ring (bicyclic) bond motifs is 1. The largest absolute Gasteiger partial charge is 0.462 e. The van der Waals surface area contributed by atoms with Crippen LogP contribution in [0.4, 0.5) is 0 Å². The molecule has 3 aliphatic rings. The van der Waals surface area contributed by atoms with Crippen molar-refractivity contribution in [2.24, 2.45) is 17.8 Å². The third-order valence-corrected chi connectivity index (χ3v) is 5.40. The van der Waals surface area contributed by atoms with Gasteiger partial charge in [0.15, 0.2) is 0 Å². The average Bonchev–Trinajstić information content (AvgIpc) is 2.73. The van der Waals surface area contributed by atoms with Crippen molar-refractivity contribution in [1.82, 2.24) is 5.32 Å². The Morgan fingerprint density at radius 1 is 1.10 bits per heavy atom. The summed E-state index contributed by atoms with van der Waals surface area (Å²) in [4.78, 5) is 11.9. The number of rotatable bonds is 2. The van der Waals surface area contributed by atoms with Crippen molar-refractivity contribution in [1.29, 1.82) is 0 Å². The van der Waals surface area contributed by atoms with Gasteiger partial charge >= 0.3 is 5.97 Å². The molecule has 3 heteroatoms. The Labute approximate surface area is 122 Å². The highest BCUT2D eigenvalue weighted by Crippen LogP contribution is 2.43. The summed E-state index contributed by atoms with van der Waals surface area (Å²) in [6.45, 7) is 4.33. The van der Waals surface area contributed by atoms with E-state index in [0.29, 0.717) is 23.9 Å². The van der Waals surface area contributed by atoms with Crippen LogP contribution in [0.15, 0.2) is 12.2 Å². The molecule has 0 unspecified atom stereocenters. The molecular formula is C17H27NO2. The predicted molar refractivity (Wildman–Crippen MR) is 79.3 cm³/mol. The molecule has 20 heavy (non-hydrogen) atoms. The van der Waals surface area contributed by atoms with E-state index in [0.717, 1.165) is 12.8 Å². The molecule has 0 spiro atoms. The number of hydrogen-bond donors (Lipinski definition) is 1. The van der Waals surface area contributed by atoms with Gasteiger partial charge in [0.05, 0.1) is 5.92 Å². The lowest BCUT2D eigenvalue weighted by Gasteiger charge is -2.32. The van der Waals surface area contributed by atoms with Crippen molar-refractivity contribution in [3.8, 4) is 0 Å². The lowest BCUT2D eigenvalue weighted by Crippen LogP contribution is -2.39. The molecule has 2 aliphatic heterocycles. The van der Waals surface area contributed by atoms with Gasteiger partial charge in [0.1, 0.15) is 6.10 Å². The van der Waals surface area contributed by atoms with Crippen molar-refractivity contribution in [2.75, 3.05) is 0 Å². The van der Waals surface area contributed by atoms with E-state index in [4.69, 9.17) is 4.74 Å². The van der Waals surface area contributed by atoms with E-state index in [1.165, 1.54) is 25.7 Å². The maximum Gasteiger partial charge on any atom is 0.309 e. The minimum Gasteiger partial charge on any atom is -0.462 e. The van der Waals surface area contributed by atoms with Crippen LogP contribution in [-0.4, -0.2) is 24.2 Å². The van der Waals surface area contributed by atoms with Crippen LogP contribution in [0.1, 0.15) is 52.4 Å². The summed E-state index contributed by atoms with van der Waals surface area (Å²) >= 11 is 0. The molecule has 0 amide bonds. The molecule has 0 bridgehead atoms. The highest BCUT2D eigenvalue weighted by Gasteiger charge is 2.47. The van der Waals surface area contributed by atoms with Gasteiger partial charge in [-0.2, -0.15) is 0 Å². The highest BCUT2D eigenvalue weighted by atomic mass is 16.6. The smallest absolute Gasteiger partial charge is 0.309 e. The first-order chi connectivity index (χ1) is 9.65. The van der Waals surface area contributed by atoms with Gasteiger partial charge in [-0.25, -0.2) is 0 Å². The van der Waals surface area contributed by atoms with E-state index in [1.54, 1.807) is 0 Å². The van der Waals surface area contributed by atoms with Crippen molar-refractivity contribution < 1.29 is 9.53 Å². The molecule has 2 heterocycles. The first-order valence-electron chi connectivity index (χ1n) is 8.30. The second kappa shape index (κ2) is 5.88. The van der Waals surface area contributed by atoms with Crippen LogP contribution >= 0.6 is 0 Å². The third-order valence-electron chi connectivity index (χ3n) is 5.40. The molecule has 6 atom stereocenters. The summed E-state index contributed by atoms with van der Waals surface area (Å²) in [6.07, 6.45) is 12.1. The maximum atomic E-state index is 11.9. The van der Waals surface area contributed by atoms with Crippen LogP contribution in [0.2, 0.25) is 0 Å². The van der Waals surface area contributed by atoms with Crippen LogP contribution in [0.25, 0.3) is 0 Å². The Morgan fingerprint density at radius 2 is 1.90 bits per heavy atom. The monoisotopic (exact) mass is 277 g/mol. The minimum atomic E-state index is 0.0463. The fourth-order valence-corrected chi connectivity index (χ4v) is 4.39. The second-order valence-corrected chi connectivity index (χ2v) is 6.91. The Balaban J connectivity index is 1.65. The zero-order chi connectivity index (χ0) is 14.1. The number of allylic oxidation sites excluding steroid dienone is 1. The average molecular weight is 277 g/mol. The van der Waals surface area contributed by atoms with Crippen LogP contribution in [-0.2, 0) is 9.53 Å². The second-order valence-electron chi connectivity index (χ2n) is 6.91. The summed E-state index contributed by atoms with van der Waals surface area (Å²) in [5, 5.41) is 3.65. The van der Waals surface area contributed by atoms with E-state index in [2.05, 4.69) is 31.3 Å². The summed E-state index contributed by atoms with van der Waals surface area (Å²) < 4.78 is 5.46. The SMILES string of the molecule is C[C@H]1CCC[C@H](/C=C/[C@H]2CCC[C@H]3C(=O)O[C@H](C)[C@@H]23)N1. The zero-order valence-electron chi connectivity index (χ0n) is 12.7. The molecule has 3 rings (SSSR count). The van der Waals surface area contributed by atoms with Crippen molar-refractivity contribution >= 4 is 5.97 Å². The lowest BCUT2D eigenvalue weighted by atomic mass is 9.71. The first kappa shape index (κ1) is 14.1. The molecule has 112 valence electrons. The number of cyclic esters (lactones) is 1. The lowest BCUT2D eigenvalue weighted by molar-refractivity contribution is -0.143. The van der Waals surface area contributed by atoms with Crippen LogP contribution in [0.3, 0.4) is 0 Å². The van der Waals surface area contributed by atoms with E-state index < -0.39 is 0 Å². The van der Waals surface area contributed by atoms with Crippen LogP contribution in [0.5, 0.6) is 0 Å². The molecule has 2 saturated heterocycles. The van der Waals surface area contributed by atoms with Gasteiger partial charge in [-0.05, 0) is 45.4 Å². The summed E-state index contributed by atoms with van der Waals surface area (Å²) in [5.74, 6) is 1.14. The van der Waals surface area contributed by atoms with E-state index in [-0.39, 0.29) is 18.0 Å². The van der Waals surface area contributed by atoms with Gasteiger partial charge in [-0.3, -0.25) is 4.79 Å². The molecule has 1 N–H and O–H groups in total. The van der Waals surface area contributed by atoms with Crippen molar-refractivity contribution in [3.63, 3.8) is 0 Å². The fourth-order valence-electron chi connectivity index (χ4n) is 4.39. The van der Waals surface area contributed by atoms with Crippen molar-refractivity contribution in [3.05, 3.63) is 12.2 Å². The van der Waals surface area contributed by atoms with Gasteiger partial charge < -0.3 is 10.1 Å². The Morgan fingerprint density at radius 3 is 2.70 bits per heavy atom. The maximum absolute atomic E-state index is 11.9. The Hall–Kier alpha value is -0.830. The standard InChI is InChI=1S/C17H27NO2/c1-11-5-3-7-14(18-11)10-9-13-6-4-8-15-16(13)12(2)20-17(15)19/h9-16,18H,3-8H2,1-2H3/b10-9+/t11-,12+,13+,14+,15+,16-/m0/s1. The van der Waals surface area contributed by atoms with Crippen molar-refractivity contribution in [2.45, 2.75) is 70.6 Å². The molecule has 0 aromatic rings. The summed E-state index contributed by atoms with van der Waals surface area (Å²) in [6, 6.07) is 1.15. The number of hydrogen-bond acceptors (Lipinski definition) is 3. The number of carbonyl (C=O) groups is 1. The number of nitrogens with one attached hydrogen (secondary N) is 1. The molecule has 3 fully saturated rings. The van der Waals surface area contributed by atoms with E-state index in [1.807, 2.05) is 0 Å². The zero-order valence-corrected chi connectivity index (χ0v) is 12.7. The first-order valence-corrected chi connectivity index (χ1v) is 8.30. The fraction of sp³-hybridized carbons (Fsp3) is 0.824. The van der Waals surface area contributed by atoms with Gasteiger partial charge in [0.2, 0.25) is 0 Å². The summed E-state index contributed by atoms with van der Waals surface area (Å²) in [5.41, 5.74) is 0. The van der Waals surface area contributed by atoms with Gasteiger partial charge in [0.25, 0.3) is 0 Å². The number of carbonyl (C=O) groups excluding carboxylic acids is 1. The van der Waals surface area contributed by atoms with E-state index in [9.17, 15) is 4.79 Å². The quantitative estimate of drug-likeness (QED) is 0.623. The third kappa shape index (κ3) is 2.78. The van der Waals surface area contributed by atoms with E-state index >= 15 is 0 Å². The Kier molecular flexibility index (Phi) is 4.16. The van der Waals surface area contributed by atoms with Crippen LogP contribution < -0.4 is 5.32 Å². The normalized spacial score (nSPS) is 45.4. The predicted octanol–water partition coefficient (Wildman–Crippen LogP) is 3.05. The minimum absolute atomic E-state index is 0.0463. The summed E-state index contributed by atoms with van der Waals surface area (Å²) in [7, 11) is 0. The molecule has 0 aromatic heterocycles. The molecule has 0 aromatic carbocycles. The molecule has 3 nitrogen and oxygen atoms in total. The van der Waals surface area contributed by atoms with Gasteiger partial charge in [-0.1, -0.05) is 25.0 Å². The number of piperidine rings is 1. The topological polar surface area (TPSA) is 38.3 Å². The van der Waals surface area contributed by atoms with Crippen LogP contribution in [0, 0.1) is 17.8 Å². The van der Waals surface area contributed by atoms with Gasteiger partial charge in [-0.15, -0.1) is 0 Å². The Bertz CT molecular complexity index is 392. The number of ether oxygens (including phenoxy) is 1. The molecule has 0 radical (unpaired) electrons. The molecule has 1 aliphatic carbocycles. The van der Waals surface area contributed by atoms with Gasteiger partial charge in [0, 0.05) is 18.0 Å². The highest BCUT2D eigenvalue weighted by molar-refractivity contribution is 5.75. The molecular weight excluding hydrogens is 250 g/mol. The number of esters is 1. The molecule has 1 saturated carbocycles.